The lowest BCUT2D eigenvalue weighted by Gasteiger charge is -2.30. The van der Waals surface area contributed by atoms with Gasteiger partial charge < -0.3 is 14.7 Å². The van der Waals surface area contributed by atoms with Crippen LogP contribution in [0, 0.1) is 12.1 Å². The second-order valence-electron chi connectivity index (χ2n) is 6.12. The Morgan fingerprint density at radius 3 is 2.27 bits per heavy atom. The van der Waals surface area contributed by atoms with Crippen molar-refractivity contribution >= 4 is 23.2 Å². The Labute approximate surface area is 150 Å². The zero-order valence-electron chi connectivity index (χ0n) is 15.0. The normalized spacial score (nSPS) is 19.7. The van der Waals surface area contributed by atoms with E-state index >= 15 is 0 Å². The maximum absolute atomic E-state index is 12.4. The minimum atomic E-state index is -2.15. The number of ether oxygens (including phenoxy) is 1. The van der Waals surface area contributed by atoms with Crippen LogP contribution in [0.3, 0.4) is 0 Å². The highest BCUT2D eigenvalue weighted by Gasteiger charge is 2.62. The fraction of sp³-hybridized carbons (Fsp3) is 0.444. The van der Waals surface area contributed by atoms with Gasteiger partial charge >= 0.3 is 5.97 Å². The summed E-state index contributed by atoms with van der Waals surface area (Å²) >= 11 is 0. The van der Waals surface area contributed by atoms with E-state index in [1.807, 2.05) is 6.92 Å². The zero-order valence-corrected chi connectivity index (χ0v) is 15.0. The summed E-state index contributed by atoms with van der Waals surface area (Å²) in [6.07, 6.45) is -1.97. The van der Waals surface area contributed by atoms with Crippen LogP contribution < -0.4 is 0 Å². The standard InChI is InChI=1S/C18H21NO7/c1-5-25-17(23)16(22)15-14(13-8-6-10(2)7-9-13)18(11(3)20,12(4)21)26-19(15)24/h6-9,14,16,22H,5H2,1-4H3/t14-,16+/m1/s1. The molecule has 0 saturated heterocycles. The Balaban J connectivity index is 2.67. The number of rotatable bonds is 6. The van der Waals surface area contributed by atoms with E-state index < -0.39 is 40.9 Å². The van der Waals surface area contributed by atoms with Gasteiger partial charge in [-0.15, -0.1) is 0 Å². The first kappa shape index (κ1) is 19.6. The third-order valence-electron chi connectivity index (χ3n) is 4.39. The van der Waals surface area contributed by atoms with Crippen molar-refractivity contribution in [1.82, 2.24) is 0 Å². The summed E-state index contributed by atoms with van der Waals surface area (Å²) in [5.41, 5.74) is -1.31. The van der Waals surface area contributed by atoms with Crippen LogP contribution in [0.15, 0.2) is 24.3 Å². The number of hydrogen-bond donors (Lipinski definition) is 1. The summed E-state index contributed by atoms with van der Waals surface area (Å²) < 4.78 is 4.76. The third kappa shape index (κ3) is 3.08. The van der Waals surface area contributed by atoms with Crippen LogP contribution in [0.2, 0.25) is 0 Å². The van der Waals surface area contributed by atoms with Gasteiger partial charge in [-0.25, -0.2) is 4.79 Å². The Bertz CT molecular complexity index is 752. The van der Waals surface area contributed by atoms with E-state index in [2.05, 4.69) is 0 Å². The summed E-state index contributed by atoms with van der Waals surface area (Å²) in [7, 11) is 0. The molecule has 8 heteroatoms. The molecule has 0 aromatic heterocycles. The second-order valence-corrected chi connectivity index (χ2v) is 6.12. The fourth-order valence-corrected chi connectivity index (χ4v) is 3.10. The molecule has 0 amide bonds. The predicted octanol–water partition coefficient (Wildman–Crippen LogP) is 0.816. The van der Waals surface area contributed by atoms with Crippen molar-refractivity contribution in [1.29, 1.82) is 0 Å². The minimum absolute atomic E-state index is 0.0113. The van der Waals surface area contributed by atoms with Gasteiger partial charge in [0, 0.05) is 4.90 Å². The van der Waals surface area contributed by atoms with Crippen LogP contribution in [-0.2, 0) is 24.0 Å². The lowest BCUT2D eigenvalue weighted by molar-refractivity contribution is -0.744. The molecule has 0 spiro atoms. The van der Waals surface area contributed by atoms with E-state index in [0.717, 1.165) is 19.4 Å². The van der Waals surface area contributed by atoms with Crippen molar-refractivity contribution < 1.29 is 34.0 Å². The van der Waals surface area contributed by atoms with Gasteiger partial charge in [0.05, 0.1) is 6.61 Å². The Hall–Kier alpha value is -2.74. The number of esters is 1. The van der Waals surface area contributed by atoms with Gasteiger partial charge in [-0.2, -0.15) is 0 Å². The van der Waals surface area contributed by atoms with E-state index in [4.69, 9.17) is 9.57 Å². The van der Waals surface area contributed by atoms with E-state index in [-0.39, 0.29) is 11.5 Å². The first-order valence-electron chi connectivity index (χ1n) is 8.13. The van der Waals surface area contributed by atoms with Crippen molar-refractivity contribution in [2.45, 2.75) is 45.3 Å². The predicted molar refractivity (Wildman–Crippen MR) is 90.4 cm³/mol. The highest BCUT2D eigenvalue weighted by molar-refractivity contribution is 6.18. The van der Waals surface area contributed by atoms with Crippen molar-refractivity contribution in [3.05, 3.63) is 40.6 Å². The van der Waals surface area contributed by atoms with E-state index in [1.165, 1.54) is 0 Å². The summed E-state index contributed by atoms with van der Waals surface area (Å²) in [5, 5.41) is 22.7. The number of benzene rings is 1. The Morgan fingerprint density at radius 2 is 1.81 bits per heavy atom. The summed E-state index contributed by atoms with van der Waals surface area (Å²) in [6.45, 7) is 5.62. The first-order chi connectivity index (χ1) is 12.2. The molecule has 0 aliphatic carbocycles. The maximum atomic E-state index is 12.4. The summed E-state index contributed by atoms with van der Waals surface area (Å²) in [6, 6.07) is 6.67. The molecule has 8 nitrogen and oxygen atoms in total. The molecular weight excluding hydrogens is 342 g/mol. The lowest BCUT2D eigenvalue weighted by Crippen LogP contribution is -2.52. The van der Waals surface area contributed by atoms with Crippen LogP contribution in [0.1, 0.15) is 37.8 Å². The molecular formula is C18H21NO7. The molecule has 1 aliphatic rings. The zero-order chi connectivity index (χ0) is 19.6. The molecule has 2 atom stereocenters. The van der Waals surface area contributed by atoms with Crippen molar-refractivity contribution in [3.63, 3.8) is 0 Å². The SMILES string of the molecule is CCOC(=O)[C@@H](O)C1=[N+]([O-])OC(C(C)=O)(C(C)=O)[C@@H]1c1ccc(C)cc1. The lowest BCUT2D eigenvalue weighted by atomic mass is 9.73. The average molecular weight is 363 g/mol. The number of hydrogen-bond acceptors (Lipinski definition) is 7. The molecule has 0 radical (unpaired) electrons. The van der Waals surface area contributed by atoms with Gasteiger partial charge in [0.1, 0.15) is 5.92 Å². The molecule has 1 aromatic rings. The number of ketones is 2. The smallest absolute Gasteiger partial charge is 0.346 e. The van der Waals surface area contributed by atoms with Gasteiger partial charge in [0.25, 0.3) is 5.71 Å². The highest BCUT2D eigenvalue weighted by atomic mass is 16.9. The maximum Gasteiger partial charge on any atom is 0.346 e. The van der Waals surface area contributed by atoms with Gasteiger partial charge in [-0.1, -0.05) is 29.8 Å². The van der Waals surface area contributed by atoms with Crippen LogP contribution >= 0.6 is 0 Å². The van der Waals surface area contributed by atoms with E-state index in [0.29, 0.717) is 5.56 Å². The fourth-order valence-electron chi connectivity index (χ4n) is 3.10. The van der Waals surface area contributed by atoms with Crippen LogP contribution in [0.25, 0.3) is 0 Å². The molecule has 140 valence electrons. The number of aliphatic hydroxyl groups excluding tert-OH is 1. The number of carbonyl (C=O) groups excluding carboxylic acids is 3. The van der Waals surface area contributed by atoms with Crippen LogP contribution in [-0.4, -0.2) is 51.6 Å². The van der Waals surface area contributed by atoms with E-state index in [9.17, 15) is 24.7 Å². The Morgan fingerprint density at radius 1 is 1.27 bits per heavy atom. The number of carbonyl (C=O) groups is 3. The third-order valence-corrected chi connectivity index (χ3v) is 4.39. The number of aliphatic hydroxyl groups is 1. The molecule has 1 heterocycles. The molecule has 1 N–H and O–H groups in total. The molecule has 0 bridgehead atoms. The molecule has 0 unspecified atom stereocenters. The van der Waals surface area contributed by atoms with Crippen LogP contribution in [0.5, 0.6) is 0 Å². The number of aryl methyl sites for hydroxylation is 1. The molecule has 1 aromatic carbocycles. The van der Waals surface area contributed by atoms with Gasteiger partial charge in [0.2, 0.25) is 11.7 Å². The number of nitrogens with zero attached hydrogens (tertiary/aromatic N) is 1. The van der Waals surface area contributed by atoms with Crippen molar-refractivity contribution in [2.24, 2.45) is 0 Å². The van der Waals surface area contributed by atoms with Crippen LogP contribution in [0.4, 0.5) is 0 Å². The van der Waals surface area contributed by atoms with Crippen molar-refractivity contribution in [2.75, 3.05) is 6.61 Å². The molecule has 0 fully saturated rings. The largest absolute Gasteiger partial charge is 0.464 e. The summed E-state index contributed by atoms with van der Waals surface area (Å²) in [4.78, 5) is 41.7. The monoisotopic (exact) mass is 363 g/mol. The first-order valence-corrected chi connectivity index (χ1v) is 8.13. The quantitative estimate of drug-likeness (QED) is 0.452. The topological polar surface area (TPSA) is 116 Å². The highest BCUT2D eigenvalue weighted by Crippen LogP contribution is 2.40. The molecule has 2 rings (SSSR count). The van der Waals surface area contributed by atoms with Gasteiger partial charge in [0.15, 0.2) is 11.6 Å². The average Bonchev–Trinajstić information content (AvgIpc) is 2.89. The minimum Gasteiger partial charge on any atom is -0.464 e. The van der Waals surface area contributed by atoms with E-state index in [1.54, 1.807) is 31.2 Å². The molecule has 0 saturated carbocycles. The van der Waals surface area contributed by atoms with Crippen molar-refractivity contribution in [3.8, 4) is 0 Å². The molecule has 1 aliphatic heterocycles. The Kier molecular flexibility index (Phi) is 5.46. The van der Waals surface area contributed by atoms with Gasteiger partial charge in [-0.05, 0) is 33.3 Å². The summed E-state index contributed by atoms with van der Waals surface area (Å²) in [5.74, 6) is -3.73. The number of Topliss-reactive ketones (excluding diaryl/α,β-unsaturated/α-hetero) is 2. The second kappa shape index (κ2) is 7.25. The van der Waals surface area contributed by atoms with Gasteiger partial charge in [-0.3, -0.25) is 14.8 Å². The molecule has 26 heavy (non-hydrogen) atoms.